The largest absolute Gasteiger partial charge is 0.507 e. The van der Waals surface area contributed by atoms with Crippen LogP contribution in [-0.4, -0.2) is 64.8 Å². The van der Waals surface area contributed by atoms with Gasteiger partial charge in [0.2, 0.25) is 5.91 Å². The molecular weight excluding hydrogens is 715 g/mol. The number of aromatic amines is 1. The van der Waals surface area contributed by atoms with Crippen molar-refractivity contribution in [2.45, 2.75) is 78.1 Å². The molecule has 0 bridgehead atoms. The SMILES string of the molecule is Cc1ncsc1-c1ccc([C@H](C)NC(=O)[C@@H]2C[C@@H](O)CC2C(=O)[C@H](c2cc(CN3CCc4[nH]c5nnc(-c6ccccc6O)cc5c4C3)no2)C(C)C)cc1. The molecule has 6 aromatic rings. The van der Waals surface area contributed by atoms with E-state index in [2.05, 4.69) is 35.5 Å². The Morgan fingerprint density at radius 1 is 1.05 bits per heavy atom. The highest BCUT2D eigenvalue weighted by molar-refractivity contribution is 7.13. The van der Waals surface area contributed by atoms with Crippen LogP contribution in [0.2, 0.25) is 0 Å². The lowest BCUT2D eigenvalue weighted by Gasteiger charge is -2.26. The number of para-hydroxylation sites is 1. The normalized spacial score (nSPS) is 19.8. The van der Waals surface area contributed by atoms with Gasteiger partial charge in [-0.3, -0.25) is 14.5 Å². The van der Waals surface area contributed by atoms with E-state index in [1.807, 2.05) is 81.7 Å². The predicted molar refractivity (Wildman–Crippen MR) is 209 cm³/mol. The Balaban J connectivity index is 0.943. The maximum atomic E-state index is 14.3. The Morgan fingerprint density at radius 2 is 1.84 bits per heavy atom. The number of thiazole rings is 1. The first-order valence-corrected chi connectivity index (χ1v) is 19.8. The van der Waals surface area contributed by atoms with Crippen LogP contribution in [0, 0.1) is 24.7 Å². The van der Waals surface area contributed by atoms with Gasteiger partial charge in [0.15, 0.2) is 5.65 Å². The molecule has 1 amide bonds. The van der Waals surface area contributed by atoms with E-state index in [9.17, 15) is 19.8 Å². The molecule has 0 radical (unpaired) electrons. The van der Waals surface area contributed by atoms with Crippen LogP contribution in [0.4, 0.5) is 0 Å². The minimum absolute atomic E-state index is 0.103. The van der Waals surface area contributed by atoms with E-state index >= 15 is 0 Å². The average molecular weight is 760 g/mol. The number of aliphatic hydroxyl groups is 1. The number of Topliss-reactive ketones (excluding diaryl/α,β-unsaturated/α-hetero) is 1. The van der Waals surface area contributed by atoms with Crippen molar-refractivity contribution in [2.24, 2.45) is 17.8 Å². The third kappa shape index (κ3) is 7.31. The summed E-state index contributed by atoms with van der Waals surface area (Å²) >= 11 is 1.60. The molecule has 2 aliphatic rings. The van der Waals surface area contributed by atoms with Gasteiger partial charge in [-0.25, -0.2) is 4.98 Å². The van der Waals surface area contributed by atoms with Gasteiger partial charge in [-0.15, -0.1) is 21.5 Å². The van der Waals surface area contributed by atoms with E-state index in [1.54, 1.807) is 23.5 Å². The van der Waals surface area contributed by atoms with Crippen LogP contribution in [0.5, 0.6) is 5.75 Å². The number of aromatic nitrogens is 5. The third-order valence-corrected chi connectivity index (χ3v) is 12.2. The molecule has 0 spiro atoms. The zero-order valence-electron chi connectivity index (χ0n) is 31.3. The molecule has 12 nitrogen and oxygen atoms in total. The first kappa shape index (κ1) is 36.7. The van der Waals surface area contributed by atoms with Gasteiger partial charge in [0.1, 0.15) is 17.3 Å². The molecule has 1 fully saturated rings. The first-order chi connectivity index (χ1) is 26.5. The number of ketones is 1. The highest BCUT2D eigenvalue weighted by Gasteiger charge is 2.46. The van der Waals surface area contributed by atoms with Crippen molar-refractivity contribution >= 4 is 34.1 Å². The number of aromatic hydroxyl groups is 1. The molecule has 5 atom stereocenters. The molecular formula is C42H45N7O5S. The van der Waals surface area contributed by atoms with Gasteiger partial charge in [0, 0.05) is 54.7 Å². The second-order valence-corrected chi connectivity index (χ2v) is 16.2. The number of phenolic OH excluding ortho intramolecular Hbond substituents is 1. The molecule has 4 N–H and O–H groups in total. The number of carbonyl (C=O) groups excluding carboxylic acids is 2. The van der Waals surface area contributed by atoms with E-state index in [-0.39, 0.29) is 42.2 Å². The molecule has 2 aromatic carbocycles. The van der Waals surface area contributed by atoms with Crippen LogP contribution in [0.1, 0.15) is 79.5 Å². The van der Waals surface area contributed by atoms with Gasteiger partial charge in [0.05, 0.1) is 51.5 Å². The fourth-order valence-corrected chi connectivity index (χ4v) is 9.16. The molecule has 1 unspecified atom stereocenters. The smallest absolute Gasteiger partial charge is 0.224 e. The number of H-pyrrole nitrogens is 1. The minimum atomic E-state index is -0.742. The molecule has 1 aliphatic heterocycles. The standard InChI is InChI=1S/C42H45N7O5S/c1-22(2)38(39(52)30-16-28(50)17-32(30)42(53)44-23(3)25-9-11-26(12-10-25)40-24(4)43-21-55-40)37-15-27(48-54-37)19-49-14-13-34-33(20-49)31-18-35(46-47-41(31)45-34)29-7-5-6-8-36(29)51/h5-12,15,18,21-23,28,30,32,38,50-51H,13-14,16-17,19-20H2,1-4H3,(H,44,53)(H,45,47)/t23-,28-,30?,32+,38-/m0/s1. The lowest BCUT2D eigenvalue weighted by Crippen LogP contribution is -2.38. The number of fused-ring (bicyclic) bond motifs is 3. The van der Waals surface area contributed by atoms with Crippen molar-refractivity contribution in [1.82, 2.24) is 35.5 Å². The van der Waals surface area contributed by atoms with Crippen LogP contribution in [-0.2, 0) is 29.1 Å². The molecule has 0 saturated heterocycles. The molecule has 1 aliphatic carbocycles. The predicted octanol–water partition coefficient (Wildman–Crippen LogP) is 6.88. The molecule has 8 rings (SSSR count). The second-order valence-electron chi connectivity index (χ2n) is 15.4. The Morgan fingerprint density at radius 3 is 2.58 bits per heavy atom. The summed E-state index contributed by atoms with van der Waals surface area (Å²) in [5.74, 6) is -1.72. The summed E-state index contributed by atoms with van der Waals surface area (Å²) in [5.41, 5.74) is 9.77. The number of rotatable bonds is 11. The number of hydrogen-bond acceptors (Lipinski definition) is 11. The van der Waals surface area contributed by atoms with Gasteiger partial charge < -0.3 is 25.0 Å². The van der Waals surface area contributed by atoms with Crippen LogP contribution in [0.15, 0.2) is 70.7 Å². The Kier molecular flexibility index (Phi) is 10.1. The molecule has 13 heteroatoms. The fourth-order valence-electron chi connectivity index (χ4n) is 8.35. The third-order valence-electron chi connectivity index (χ3n) is 11.3. The summed E-state index contributed by atoms with van der Waals surface area (Å²) in [4.78, 5) is 39.3. The van der Waals surface area contributed by atoms with E-state index < -0.39 is 23.9 Å². The van der Waals surface area contributed by atoms with Crippen molar-refractivity contribution < 1.29 is 24.3 Å². The van der Waals surface area contributed by atoms with Crippen molar-refractivity contribution in [3.05, 3.63) is 100 Å². The van der Waals surface area contributed by atoms with E-state index in [0.29, 0.717) is 35.8 Å². The summed E-state index contributed by atoms with van der Waals surface area (Å²) in [6, 6.07) is 18.8. The highest BCUT2D eigenvalue weighted by Crippen LogP contribution is 2.40. The Hall–Kier alpha value is -5.24. The van der Waals surface area contributed by atoms with Crippen molar-refractivity contribution in [2.75, 3.05) is 6.54 Å². The molecule has 1 saturated carbocycles. The first-order valence-electron chi connectivity index (χ1n) is 18.9. The number of nitrogens with zero attached hydrogens (tertiary/aromatic N) is 5. The molecule has 4 aromatic heterocycles. The maximum Gasteiger partial charge on any atom is 0.224 e. The highest BCUT2D eigenvalue weighted by atomic mass is 32.1. The quantitative estimate of drug-likeness (QED) is 0.109. The number of carbonyl (C=O) groups is 2. The number of phenols is 1. The van der Waals surface area contributed by atoms with Crippen LogP contribution >= 0.6 is 11.3 Å². The monoisotopic (exact) mass is 759 g/mol. The number of amides is 1. The van der Waals surface area contributed by atoms with Crippen molar-refractivity contribution in [1.29, 1.82) is 0 Å². The van der Waals surface area contributed by atoms with Gasteiger partial charge in [-0.05, 0) is 67.5 Å². The van der Waals surface area contributed by atoms with E-state index in [0.717, 1.165) is 57.0 Å². The van der Waals surface area contributed by atoms with Gasteiger partial charge in [0.25, 0.3) is 0 Å². The zero-order valence-corrected chi connectivity index (χ0v) is 32.1. The van der Waals surface area contributed by atoms with Crippen LogP contribution in [0.25, 0.3) is 32.7 Å². The second kappa shape index (κ2) is 15.1. The summed E-state index contributed by atoms with van der Waals surface area (Å²) < 4.78 is 5.89. The number of nitrogens with one attached hydrogen (secondary N) is 2. The topological polar surface area (TPSA) is 170 Å². The Labute approximate surface area is 323 Å². The summed E-state index contributed by atoms with van der Waals surface area (Å²) in [6.45, 7) is 9.84. The van der Waals surface area contributed by atoms with Gasteiger partial charge >= 0.3 is 0 Å². The minimum Gasteiger partial charge on any atom is -0.507 e. The van der Waals surface area contributed by atoms with Gasteiger partial charge in [-0.2, -0.15) is 0 Å². The number of aliphatic hydroxyl groups excluding tert-OH is 1. The fraction of sp³-hybridized carbons (Fsp3) is 0.381. The zero-order chi connectivity index (χ0) is 38.4. The lowest BCUT2D eigenvalue weighted by atomic mass is 9.79. The van der Waals surface area contributed by atoms with Crippen molar-refractivity contribution in [3.63, 3.8) is 0 Å². The van der Waals surface area contributed by atoms with Crippen LogP contribution in [0.3, 0.4) is 0 Å². The Bertz CT molecular complexity index is 2350. The summed E-state index contributed by atoms with van der Waals surface area (Å²) in [5, 5.41) is 38.4. The number of benzene rings is 2. The molecule has 284 valence electrons. The van der Waals surface area contributed by atoms with Gasteiger partial charge in [-0.1, -0.05) is 55.4 Å². The summed E-state index contributed by atoms with van der Waals surface area (Å²) in [6.07, 6.45) is 0.512. The lowest BCUT2D eigenvalue weighted by molar-refractivity contribution is -0.134. The van der Waals surface area contributed by atoms with Crippen LogP contribution < -0.4 is 5.32 Å². The van der Waals surface area contributed by atoms with Crippen molar-refractivity contribution in [3.8, 4) is 27.4 Å². The molecule has 55 heavy (non-hydrogen) atoms. The molecule has 5 heterocycles. The van der Waals surface area contributed by atoms with E-state index in [4.69, 9.17) is 4.52 Å². The summed E-state index contributed by atoms with van der Waals surface area (Å²) in [7, 11) is 0. The average Bonchev–Trinajstić information content (AvgIpc) is 3.98. The van der Waals surface area contributed by atoms with E-state index in [1.165, 1.54) is 0 Å². The number of aryl methyl sites for hydroxylation is 1. The maximum absolute atomic E-state index is 14.3. The number of hydrogen-bond donors (Lipinski definition) is 4.